The molecule has 0 bridgehead atoms. The van der Waals surface area contributed by atoms with Gasteiger partial charge in [-0.05, 0) is 26.0 Å². The molecule has 19 heavy (non-hydrogen) atoms. The topological polar surface area (TPSA) is 67.0 Å². The Balaban J connectivity index is 1.92. The largest absolute Gasteiger partial charge is 0.481 e. The fraction of sp³-hybridized carbons (Fsp3) is 0.231. The number of amides is 1. The van der Waals surface area contributed by atoms with Gasteiger partial charge >= 0.3 is 0 Å². The first-order valence-electron chi connectivity index (χ1n) is 5.76. The quantitative estimate of drug-likeness (QED) is 0.888. The van der Waals surface area contributed by atoms with Crippen molar-refractivity contribution < 1.29 is 13.9 Å². The van der Waals surface area contributed by atoms with Gasteiger partial charge < -0.3 is 10.1 Å². The van der Waals surface area contributed by atoms with Gasteiger partial charge in [-0.1, -0.05) is 12.1 Å². The first-order chi connectivity index (χ1) is 9.08. The SMILES string of the molecule is Cc1[nH]nc(NC(=O)COc2ccccc2F)c1C. The first kappa shape index (κ1) is 13.1. The average molecular weight is 263 g/mol. The highest BCUT2D eigenvalue weighted by molar-refractivity contribution is 5.91. The van der Waals surface area contributed by atoms with E-state index in [1.54, 1.807) is 12.1 Å². The van der Waals surface area contributed by atoms with Crippen LogP contribution in [0.5, 0.6) is 5.75 Å². The van der Waals surface area contributed by atoms with E-state index in [1.165, 1.54) is 12.1 Å². The van der Waals surface area contributed by atoms with E-state index < -0.39 is 11.7 Å². The fourth-order valence-corrected chi connectivity index (χ4v) is 1.48. The number of hydrogen-bond donors (Lipinski definition) is 2. The number of carbonyl (C=O) groups is 1. The van der Waals surface area contributed by atoms with Crippen molar-refractivity contribution >= 4 is 11.7 Å². The number of nitrogens with zero attached hydrogens (tertiary/aromatic N) is 1. The maximum Gasteiger partial charge on any atom is 0.263 e. The number of aromatic nitrogens is 2. The van der Waals surface area contributed by atoms with Crippen LogP contribution < -0.4 is 10.1 Å². The minimum atomic E-state index is -0.498. The van der Waals surface area contributed by atoms with Gasteiger partial charge in [-0.3, -0.25) is 9.89 Å². The predicted molar refractivity (Wildman–Crippen MR) is 68.6 cm³/mol. The van der Waals surface area contributed by atoms with Crippen LogP contribution in [0.3, 0.4) is 0 Å². The molecule has 0 atom stereocenters. The molecular formula is C13H14FN3O2. The zero-order valence-corrected chi connectivity index (χ0v) is 10.7. The molecule has 0 saturated heterocycles. The van der Waals surface area contributed by atoms with Crippen molar-refractivity contribution in [2.24, 2.45) is 0 Å². The third-order valence-corrected chi connectivity index (χ3v) is 2.71. The lowest BCUT2D eigenvalue weighted by atomic mass is 10.3. The summed E-state index contributed by atoms with van der Waals surface area (Å²) in [6.07, 6.45) is 0. The van der Waals surface area contributed by atoms with E-state index in [9.17, 15) is 9.18 Å². The van der Waals surface area contributed by atoms with E-state index in [0.717, 1.165) is 11.3 Å². The molecule has 100 valence electrons. The molecule has 0 aliphatic rings. The first-order valence-corrected chi connectivity index (χ1v) is 5.76. The molecule has 0 aliphatic heterocycles. The Hall–Kier alpha value is -2.37. The molecule has 1 amide bonds. The second kappa shape index (κ2) is 5.51. The van der Waals surface area contributed by atoms with Gasteiger partial charge in [0.15, 0.2) is 24.0 Å². The molecule has 6 heteroatoms. The summed E-state index contributed by atoms with van der Waals surface area (Å²) < 4.78 is 18.4. The van der Waals surface area contributed by atoms with Crippen molar-refractivity contribution in [3.05, 3.63) is 41.3 Å². The van der Waals surface area contributed by atoms with Crippen LogP contribution in [0.15, 0.2) is 24.3 Å². The van der Waals surface area contributed by atoms with Gasteiger partial charge in [0.1, 0.15) is 0 Å². The standard InChI is InChI=1S/C13H14FN3O2/c1-8-9(2)16-17-13(8)15-12(18)7-19-11-6-4-3-5-10(11)14/h3-6H,7H2,1-2H3,(H2,15,16,17,18). The number of aromatic amines is 1. The van der Waals surface area contributed by atoms with Crippen LogP contribution in [0.1, 0.15) is 11.3 Å². The molecule has 0 spiro atoms. The number of hydrogen-bond acceptors (Lipinski definition) is 3. The monoisotopic (exact) mass is 263 g/mol. The summed E-state index contributed by atoms with van der Waals surface area (Å²) in [4.78, 5) is 11.6. The van der Waals surface area contributed by atoms with Crippen LogP contribution >= 0.6 is 0 Å². The summed E-state index contributed by atoms with van der Waals surface area (Å²) in [6.45, 7) is 3.42. The zero-order chi connectivity index (χ0) is 13.8. The molecule has 1 aromatic heterocycles. The third-order valence-electron chi connectivity index (χ3n) is 2.71. The molecular weight excluding hydrogens is 249 g/mol. The highest BCUT2D eigenvalue weighted by atomic mass is 19.1. The van der Waals surface area contributed by atoms with Crippen molar-refractivity contribution in [2.45, 2.75) is 13.8 Å². The maximum absolute atomic E-state index is 13.3. The van der Waals surface area contributed by atoms with Crippen LogP contribution in [0, 0.1) is 19.7 Å². The third kappa shape index (κ3) is 3.09. The zero-order valence-electron chi connectivity index (χ0n) is 10.7. The maximum atomic E-state index is 13.3. The van der Waals surface area contributed by atoms with Gasteiger partial charge in [-0.25, -0.2) is 4.39 Å². The summed E-state index contributed by atoms with van der Waals surface area (Å²) in [5, 5.41) is 9.29. The van der Waals surface area contributed by atoms with E-state index in [0.29, 0.717) is 5.82 Å². The number of aryl methyl sites for hydroxylation is 1. The van der Waals surface area contributed by atoms with Crippen LogP contribution in [0.25, 0.3) is 0 Å². The number of anilines is 1. The molecule has 2 rings (SSSR count). The molecule has 2 aromatic rings. The summed E-state index contributed by atoms with van der Waals surface area (Å²) in [6, 6.07) is 5.93. The normalized spacial score (nSPS) is 10.3. The lowest BCUT2D eigenvalue weighted by molar-refractivity contribution is -0.118. The van der Waals surface area contributed by atoms with Gasteiger partial charge in [-0.2, -0.15) is 5.10 Å². The highest BCUT2D eigenvalue weighted by Gasteiger charge is 2.10. The number of halogens is 1. The second-order valence-electron chi connectivity index (χ2n) is 4.09. The Kier molecular flexibility index (Phi) is 3.79. The molecule has 0 radical (unpaired) electrons. The Labute approximate surface area is 109 Å². The molecule has 0 aliphatic carbocycles. The Bertz CT molecular complexity index is 595. The number of para-hydroxylation sites is 1. The lowest BCUT2D eigenvalue weighted by Gasteiger charge is -2.07. The van der Waals surface area contributed by atoms with Gasteiger partial charge in [0.25, 0.3) is 5.91 Å². The lowest BCUT2D eigenvalue weighted by Crippen LogP contribution is -2.21. The van der Waals surface area contributed by atoms with E-state index in [1.807, 2.05) is 13.8 Å². The fourth-order valence-electron chi connectivity index (χ4n) is 1.48. The number of benzene rings is 1. The van der Waals surface area contributed by atoms with Gasteiger partial charge in [0.2, 0.25) is 0 Å². The smallest absolute Gasteiger partial charge is 0.263 e. The van der Waals surface area contributed by atoms with Gasteiger partial charge in [0.05, 0.1) is 0 Å². The molecule has 0 fully saturated rings. The van der Waals surface area contributed by atoms with Crippen molar-refractivity contribution in [1.82, 2.24) is 10.2 Å². The Morgan fingerprint density at radius 2 is 2.16 bits per heavy atom. The molecule has 2 N–H and O–H groups in total. The van der Waals surface area contributed by atoms with Crippen molar-refractivity contribution in [3.63, 3.8) is 0 Å². The summed E-state index contributed by atoms with van der Waals surface area (Å²) >= 11 is 0. The molecule has 1 heterocycles. The van der Waals surface area contributed by atoms with Gasteiger partial charge in [-0.15, -0.1) is 0 Å². The van der Waals surface area contributed by atoms with E-state index in [4.69, 9.17) is 4.74 Å². The minimum Gasteiger partial charge on any atom is -0.481 e. The van der Waals surface area contributed by atoms with Crippen LogP contribution in [-0.4, -0.2) is 22.7 Å². The summed E-state index contributed by atoms with van der Waals surface area (Å²) in [5.41, 5.74) is 1.74. The predicted octanol–water partition coefficient (Wildman–Crippen LogP) is 2.18. The van der Waals surface area contributed by atoms with E-state index in [-0.39, 0.29) is 12.4 Å². The average Bonchev–Trinajstić information content (AvgIpc) is 2.70. The summed E-state index contributed by atoms with van der Waals surface area (Å²) in [5.74, 6) is -0.382. The summed E-state index contributed by atoms with van der Waals surface area (Å²) in [7, 11) is 0. The minimum absolute atomic E-state index is 0.0487. The molecule has 1 aromatic carbocycles. The number of ether oxygens (including phenoxy) is 1. The van der Waals surface area contributed by atoms with Crippen LogP contribution in [-0.2, 0) is 4.79 Å². The van der Waals surface area contributed by atoms with Crippen molar-refractivity contribution in [3.8, 4) is 5.75 Å². The van der Waals surface area contributed by atoms with E-state index >= 15 is 0 Å². The van der Waals surface area contributed by atoms with Crippen molar-refractivity contribution in [2.75, 3.05) is 11.9 Å². The number of nitrogens with one attached hydrogen (secondary N) is 2. The van der Waals surface area contributed by atoms with Crippen LogP contribution in [0.4, 0.5) is 10.2 Å². The van der Waals surface area contributed by atoms with Gasteiger partial charge in [0, 0.05) is 11.3 Å². The molecule has 5 nitrogen and oxygen atoms in total. The van der Waals surface area contributed by atoms with E-state index in [2.05, 4.69) is 15.5 Å². The van der Waals surface area contributed by atoms with Crippen molar-refractivity contribution in [1.29, 1.82) is 0 Å². The Morgan fingerprint density at radius 1 is 1.42 bits per heavy atom. The number of carbonyl (C=O) groups excluding carboxylic acids is 1. The van der Waals surface area contributed by atoms with Crippen LogP contribution in [0.2, 0.25) is 0 Å². The Morgan fingerprint density at radius 3 is 2.79 bits per heavy atom. The molecule has 0 unspecified atom stereocenters. The number of H-pyrrole nitrogens is 1. The number of rotatable bonds is 4. The second-order valence-corrected chi connectivity index (χ2v) is 4.09. The molecule has 0 saturated carbocycles. The highest BCUT2D eigenvalue weighted by Crippen LogP contribution is 2.16.